The van der Waals surface area contributed by atoms with Crippen molar-refractivity contribution in [3.05, 3.63) is 94.1 Å². The number of hydrogen-bond donors (Lipinski definition) is 2. The maximum absolute atomic E-state index is 12.3. The molecule has 0 unspecified atom stereocenters. The maximum Gasteiger partial charge on any atom is 0.352 e. The van der Waals surface area contributed by atoms with E-state index in [9.17, 15) is 14.7 Å². The first-order valence-electron chi connectivity index (χ1n) is 9.85. The third-order valence-electron chi connectivity index (χ3n) is 4.56. The molecule has 3 rings (SSSR count). The van der Waals surface area contributed by atoms with Crippen LogP contribution < -0.4 is 14.8 Å². The Hall–Kier alpha value is -3.58. The van der Waals surface area contributed by atoms with Crippen LogP contribution in [0.2, 0.25) is 0 Å². The van der Waals surface area contributed by atoms with E-state index < -0.39 is 5.97 Å². The lowest BCUT2D eigenvalue weighted by Crippen LogP contribution is -2.27. The summed E-state index contributed by atoms with van der Waals surface area (Å²) < 4.78 is 11.7. The van der Waals surface area contributed by atoms with Crippen molar-refractivity contribution in [1.29, 1.82) is 0 Å². The third-order valence-corrected chi connectivity index (χ3v) is 5.21. The molecule has 6 nitrogen and oxygen atoms in total. The Bertz CT molecular complexity index is 1110. The fraction of sp³-hybridized carbons (Fsp3) is 0.120. The van der Waals surface area contributed by atoms with E-state index in [0.717, 1.165) is 15.8 Å². The first-order valence-corrected chi connectivity index (χ1v) is 10.6. The molecule has 2 N–H and O–H groups in total. The van der Waals surface area contributed by atoms with E-state index in [1.54, 1.807) is 31.4 Å². The summed E-state index contributed by atoms with van der Waals surface area (Å²) in [5, 5.41) is 12.0. The number of carboxylic acid groups (broad SMARTS) is 1. The quantitative estimate of drug-likeness (QED) is 0.387. The summed E-state index contributed by atoms with van der Waals surface area (Å²) >= 11 is 3.43. The number of carbonyl (C=O) groups is 2. The highest BCUT2D eigenvalue weighted by Gasteiger charge is 2.12. The van der Waals surface area contributed by atoms with Crippen LogP contribution in [0.5, 0.6) is 17.2 Å². The van der Waals surface area contributed by atoms with Gasteiger partial charge in [-0.2, -0.15) is 0 Å². The topological polar surface area (TPSA) is 84.9 Å². The van der Waals surface area contributed by atoms with Crippen molar-refractivity contribution in [2.24, 2.45) is 0 Å². The highest BCUT2D eigenvalue weighted by molar-refractivity contribution is 9.10. The first kappa shape index (κ1) is 23.1. The van der Waals surface area contributed by atoms with Gasteiger partial charge in [-0.3, -0.25) is 4.79 Å². The molecule has 0 saturated carbocycles. The van der Waals surface area contributed by atoms with Crippen LogP contribution in [0.15, 0.2) is 83.0 Å². The van der Waals surface area contributed by atoms with E-state index in [2.05, 4.69) is 21.2 Å². The van der Waals surface area contributed by atoms with Gasteiger partial charge in [0.2, 0.25) is 5.91 Å². The number of amides is 1. The summed E-state index contributed by atoms with van der Waals surface area (Å²) in [6, 6.07) is 21.8. The predicted molar refractivity (Wildman–Crippen MR) is 126 cm³/mol. The summed E-state index contributed by atoms with van der Waals surface area (Å²) in [5.74, 6) is 0.433. The average Bonchev–Trinajstić information content (AvgIpc) is 2.80. The highest BCUT2D eigenvalue weighted by atomic mass is 79.9. The summed E-state index contributed by atoms with van der Waals surface area (Å²) in [7, 11) is 1.59. The Morgan fingerprint density at radius 3 is 2.25 bits per heavy atom. The Morgan fingerprint density at radius 1 is 0.969 bits per heavy atom. The minimum Gasteiger partial charge on any atom is -0.497 e. The van der Waals surface area contributed by atoms with Crippen LogP contribution in [0.4, 0.5) is 0 Å². The smallest absolute Gasteiger partial charge is 0.352 e. The average molecular weight is 496 g/mol. The molecule has 32 heavy (non-hydrogen) atoms. The van der Waals surface area contributed by atoms with Gasteiger partial charge in [0.1, 0.15) is 22.9 Å². The number of rotatable bonds is 9. The van der Waals surface area contributed by atoms with E-state index in [-0.39, 0.29) is 18.0 Å². The second kappa shape index (κ2) is 11.2. The molecule has 3 aromatic carbocycles. The van der Waals surface area contributed by atoms with E-state index in [1.165, 1.54) is 6.08 Å². The molecule has 7 heteroatoms. The molecule has 1 amide bonds. The van der Waals surface area contributed by atoms with Gasteiger partial charge in [0.15, 0.2) is 0 Å². The normalized spacial score (nSPS) is 11.0. The zero-order valence-corrected chi connectivity index (χ0v) is 19.0. The SMILES string of the molecule is COc1ccc(CCC(=O)N/C(=C/c2ccc(Oc3ccccc3Br)cc2)C(=O)O)cc1. The van der Waals surface area contributed by atoms with Crippen molar-refractivity contribution in [3.8, 4) is 17.2 Å². The standard InChI is InChI=1S/C25H22BrNO5/c1-31-19-11-6-17(7-12-19)10-15-24(28)27-22(25(29)30)16-18-8-13-20(14-9-18)32-23-5-3-2-4-21(23)26/h2-9,11-14,16H,10,15H2,1H3,(H,27,28)(H,29,30)/b22-16+. The fourth-order valence-corrected chi connectivity index (χ4v) is 3.23. The van der Waals surface area contributed by atoms with Gasteiger partial charge in [0.25, 0.3) is 0 Å². The maximum atomic E-state index is 12.3. The molecular weight excluding hydrogens is 474 g/mol. The van der Waals surface area contributed by atoms with Crippen LogP contribution >= 0.6 is 15.9 Å². The summed E-state index contributed by atoms with van der Waals surface area (Å²) in [6.45, 7) is 0. The molecule has 3 aromatic rings. The number of nitrogens with one attached hydrogen (secondary N) is 1. The van der Waals surface area contributed by atoms with Gasteiger partial charge in [-0.25, -0.2) is 4.79 Å². The molecule has 0 atom stereocenters. The van der Waals surface area contributed by atoms with E-state index >= 15 is 0 Å². The number of aliphatic carboxylic acids is 1. The zero-order valence-electron chi connectivity index (χ0n) is 17.4. The number of carboxylic acids is 1. The lowest BCUT2D eigenvalue weighted by Gasteiger charge is -2.09. The number of carbonyl (C=O) groups excluding carboxylic acids is 1. The molecule has 164 valence electrons. The predicted octanol–water partition coefficient (Wildman–Crippen LogP) is 5.42. The van der Waals surface area contributed by atoms with Crippen LogP contribution in [0.1, 0.15) is 17.5 Å². The number of aryl methyl sites for hydroxylation is 1. The number of benzene rings is 3. The molecule has 0 aromatic heterocycles. The molecular formula is C25H22BrNO5. The largest absolute Gasteiger partial charge is 0.497 e. The van der Waals surface area contributed by atoms with Crippen LogP contribution in [-0.4, -0.2) is 24.1 Å². The Labute approximate surface area is 194 Å². The number of ether oxygens (including phenoxy) is 2. The summed E-state index contributed by atoms with van der Waals surface area (Å²) in [6.07, 6.45) is 2.06. The van der Waals surface area contributed by atoms with Crippen LogP contribution in [0.25, 0.3) is 6.08 Å². The minimum atomic E-state index is -1.21. The molecule has 0 aliphatic carbocycles. The van der Waals surface area contributed by atoms with Gasteiger partial charge in [0.05, 0.1) is 11.6 Å². The molecule has 0 radical (unpaired) electrons. The Kier molecular flexibility index (Phi) is 8.05. The van der Waals surface area contributed by atoms with E-state index in [0.29, 0.717) is 23.5 Å². The first-order chi connectivity index (χ1) is 15.4. The molecule has 0 saturated heterocycles. The molecule has 0 aliphatic heterocycles. The second-order valence-corrected chi connectivity index (χ2v) is 7.72. The lowest BCUT2D eigenvalue weighted by atomic mass is 10.1. The zero-order chi connectivity index (χ0) is 22.9. The summed E-state index contributed by atoms with van der Waals surface area (Å²) in [5.41, 5.74) is 1.39. The van der Waals surface area contributed by atoms with Crippen LogP contribution in [-0.2, 0) is 16.0 Å². The van der Waals surface area contributed by atoms with E-state index in [1.807, 2.05) is 48.5 Å². The van der Waals surface area contributed by atoms with Crippen molar-refractivity contribution >= 4 is 33.9 Å². The number of hydrogen-bond acceptors (Lipinski definition) is 4. The van der Waals surface area contributed by atoms with Crippen molar-refractivity contribution in [3.63, 3.8) is 0 Å². The van der Waals surface area contributed by atoms with Gasteiger partial charge < -0.3 is 19.9 Å². The molecule has 0 aliphatic rings. The monoisotopic (exact) mass is 495 g/mol. The lowest BCUT2D eigenvalue weighted by molar-refractivity contribution is -0.134. The van der Waals surface area contributed by atoms with Crippen molar-refractivity contribution in [1.82, 2.24) is 5.32 Å². The van der Waals surface area contributed by atoms with Crippen LogP contribution in [0, 0.1) is 0 Å². The van der Waals surface area contributed by atoms with Crippen molar-refractivity contribution < 1.29 is 24.2 Å². The number of para-hydroxylation sites is 1. The van der Waals surface area contributed by atoms with Gasteiger partial charge in [-0.1, -0.05) is 36.4 Å². The number of methoxy groups -OCH3 is 1. The molecule has 0 heterocycles. The molecule has 0 bridgehead atoms. The number of halogens is 1. The highest BCUT2D eigenvalue weighted by Crippen LogP contribution is 2.29. The third kappa shape index (κ3) is 6.72. The van der Waals surface area contributed by atoms with Crippen molar-refractivity contribution in [2.75, 3.05) is 7.11 Å². The van der Waals surface area contributed by atoms with Crippen LogP contribution in [0.3, 0.4) is 0 Å². The van der Waals surface area contributed by atoms with Gasteiger partial charge in [0, 0.05) is 6.42 Å². The van der Waals surface area contributed by atoms with E-state index in [4.69, 9.17) is 9.47 Å². The molecule has 0 fully saturated rings. The Morgan fingerprint density at radius 2 is 1.62 bits per heavy atom. The fourth-order valence-electron chi connectivity index (χ4n) is 2.87. The summed E-state index contributed by atoms with van der Waals surface area (Å²) in [4.78, 5) is 23.9. The second-order valence-electron chi connectivity index (χ2n) is 6.86. The molecule has 0 spiro atoms. The Balaban J connectivity index is 1.61. The van der Waals surface area contributed by atoms with Gasteiger partial charge >= 0.3 is 5.97 Å². The van der Waals surface area contributed by atoms with Gasteiger partial charge in [-0.05, 0) is 76.0 Å². The minimum absolute atomic E-state index is 0.162. The van der Waals surface area contributed by atoms with Crippen molar-refractivity contribution in [2.45, 2.75) is 12.8 Å². The van der Waals surface area contributed by atoms with Gasteiger partial charge in [-0.15, -0.1) is 0 Å².